The summed E-state index contributed by atoms with van der Waals surface area (Å²) in [4.78, 5) is 12.0. The van der Waals surface area contributed by atoms with Crippen LogP contribution in [0.1, 0.15) is 31.9 Å². The highest BCUT2D eigenvalue weighted by Gasteiger charge is 2.21. The Morgan fingerprint density at radius 2 is 1.74 bits per heavy atom. The largest absolute Gasteiger partial charge is 0.482 e. The predicted octanol–water partition coefficient (Wildman–Crippen LogP) is 4.93. The molecule has 0 aliphatic carbocycles. The number of benzene rings is 2. The minimum absolute atomic E-state index is 0.112. The van der Waals surface area contributed by atoms with Gasteiger partial charge in [-0.2, -0.15) is 0 Å². The van der Waals surface area contributed by atoms with Gasteiger partial charge < -0.3 is 9.47 Å². The summed E-state index contributed by atoms with van der Waals surface area (Å²) in [7, 11) is 0. The van der Waals surface area contributed by atoms with Gasteiger partial charge in [0.05, 0.1) is 0 Å². The number of ether oxygens (including phenoxy) is 2. The molecule has 122 valence electrons. The maximum Gasteiger partial charge on any atom is 0.349 e. The molecule has 0 bridgehead atoms. The highest BCUT2D eigenvalue weighted by molar-refractivity contribution is 6.30. The quantitative estimate of drug-likeness (QED) is 0.588. The average Bonchev–Trinajstić information content (AvgIpc) is 2.47. The Bertz CT molecular complexity index is 685. The van der Waals surface area contributed by atoms with Crippen LogP contribution in [0.25, 0.3) is 0 Å². The second-order valence-electron chi connectivity index (χ2n) is 6.47. The first-order valence-corrected chi connectivity index (χ1v) is 7.84. The van der Waals surface area contributed by atoms with E-state index in [9.17, 15) is 4.79 Å². The Labute approximate surface area is 142 Å². The molecule has 2 aromatic rings. The summed E-state index contributed by atoms with van der Waals surface area (Å²) >= 11 is 5.81. The van der Waals surface area contributed by atoms with Crippen molar-refractivity contribution < 1.29 is 14.3 Å². The molecule has 0 saturated heterocycles. The summed E-state index contributed by atoms with van der Waals surface area (Å²) in [6.45, 7) is 8.12. The lowest BCUT2D eigenvalue weighted by Gasteiger charge is -2.22. The fourth-order valence-corrected chi connectivity index (χ4v) is 2.27. The second-order valence-corrected chi connectivity index (χ2v) is 6.90. The highest BCUT2D eigenvalue weighted by Crippen LogP contribution is 2.32. The number of hydrogen-bond acceptors (Lipinski definition) is 3. The predicted molar refractivity (Wildman–Crippen MR) is 92.5 cm³/mol. The van der Waals surface area contributed by atoms with E-state index in [1.54, 1.807) is 24.3 Å². The molecule has 0 radical (unpaired) electrons. The third-order valence-corrected chi connectivity index (χ3v) is 3.59. The molecular weight excluding hydrogens is 312 g/mol. The van der Waals surface area contributed by atoms with E-state index in [-0.39, 0.29) is 12.0 Å². The standard InChI is InChI=1S/C19H21ClO3/c1-13-5-10-17(16(11-13)19(2,3)4)23-18(21)12-22-15-8-6-14(20)7-9-15/h5-11H,12H2,1-4H3. The van der Waals surface area contributed by atoms with Crippen LogP contribution in [0.5, 0.6) is 11.5 Å². The van der Waals surface area contributed by atoms with Crippen molar-refractivity contribution in [1.82, 2.24) is 0 Å². The molecule has 0 fully saturated rings. The van der Waals surface area contributed by atoms with Crippen LogP contribution in [0.3, 0.4) is 0 Å². The average molecular weight is 333 g/mol. The minimum atomic E-state index is -0.436. The van der Waals surface area contributed by atoms with E-state index >= 15 is 0 Å². The molecule has 4 heteroatoms. The van der Waals surface area contributed by atoms with Gasteiger partial charge in [-0.3, -0.25) is 0 Å². The molecule has 0 atom stereocenters. The third kappa shape index (κ3) is 5.00. The van der Waals surface area contributed by atoms with Gasteiger partial charge in [0.2, 0.25) is 0 Å². The molecule has 0 amide bonds. The third-order valence-electron chi connectivity index (χ3n) is 3.34. The van der Waals surface area contributed by atoms with E-state index in [1.807, 2.05) is 25.1 Å². The number of carbonyl (C=O) groups excluding carboxylic acids is 1. The van der Waals surface area contributed by atoms with Gasteiger partial charge in [-0.1, -0.05) is 50.1 Å². The Morgan fingerprint density at radius 3 is 2.35 bits per heavy atom. The first-order valence-electron chi connectivity index (χ1n) is 7.46. The van der Waals surface area contributed by atoms with Gasteiger partial charge in [0, 0.05) is 10.6 Å². The number of aryl methyl sites for hydroxylation is 1. The normalized spacial score (nSPS) is 11.2. The van der Waals surface area contributed by atoms with Crippen molar-refractivity contribution in [3.63, 3.8) is 0 Å². The lowest BCUT2D eigenvalue weighted by molar-refractivity contribution is -0.136. The molecule has 0 aromatic heterocycles. The summed E-state index contributed by atoms with van der Waals surface area (Å²) in [5, 5.41) is 0.620. The number of esters is 1. The number of carbonyl (C=O) groups is 1. The van der Waals surface area contributed by atoms with E-state index in [1.165, 1.54) is 0 Å². The van der Waals surface area contributed by atoms with Gasteiger partial charge in [-0.05, 0) is 42.7 Å². The fourth-order valence-electron chi connectivity index (χ4n) is 2.14. The van der Waals surface area contributed by atoms with Crippen molar-refractivity contribution in [1.29, 1.82) is 0 Å². The van der Waals surface area contributed by atoms with Crippen LogP contribution in [0.15, 0.2) is 42.5 Å². The summed E-state index contributed by atoms with van der Waals surface area (Å²) in [6.07, 6.45) is 0. The first-order chi connectivity index (χ1) is 10.8. The molecule has 0 saturated carbocycles. The van der Waals surface area contributed by atoms with Crippen LogP contribution in [0, 0.1) is 6.92 Å². The Kier molecular flexibility index (Phi) is 5.32. The lowest BCUT2D eigenvalue weighted by atomic mass is 9.85. The number of halogens is 1. The van der Waals surface area contributed by atoms with Crippen molar-refractivity contribution in [2.45, 2.75) is 33.1 Å². The van der Waals surface area contributed by atoms with Crippen molar-refractivity contribution in [3.05, 3.63) is 58.6 Å². The summed E-state index contributed by atoms with van der Waals surface area (Å²) in [5.74, 6) is 0.716. The molecule has 23 heavy (non-hydrogen) atoms. The van der Waals surface area contributed by atoms with Crippen LogP contribution in [0.4, 0.5) is 0 Å². The minimum Gasteiger partial charge on any atom is -0.482 e. The van der Waals surface area contributed by atoms with Crippen molar-refractivity contribution in [2.24, 2.45) is 0 Å². The molecule has 2 rings (SSSR count). The van der Waals surface area contributed by atoms with Crippen LogP contribution >= 0.6 is 11.6 Å². The van der Waals surface area contributed by atoms with E-state index in [0.717, 1.165) is 11.1 Å². The topological polar surface area (TPSA) is 35.5 Å². The SMILES string of the molecule is Cc1ccc(OC(=O)COc2ccc(Cl)cc2)c(C(C)(C)C)c1. The molecule has 0 N–H and O–H groups in total. The van der Waals surface area contributed by atoms with Gasteiger partial charge in [0.25, 0.3) is 0 Å². The Hall–Kier alpha value is -2.00. The van der Waals surface area contributed by atoms with Gasteiger partial charge in [0.1, 0.15) is 11.5 Å². The van der Waals surface area contributed by atoms with Gasteiger partial charge in [-0.25, -0.2) is 4.79 Å². The van der Waals surface area contributed by atoms with Crippen molar-refractivity contribution in [2.75, 3.05) is 6.61 Å². The van der Waals surface area contributed by atoms with Crippen LogP contribution in [0.2, 0.25) is 5.02 Å². The maximum absolute atomic E-state index is 12.0. The van der Waals surface area contributed by atoms with E-state index < -0.39 is 5.97 Å². The van der Waals surface area contributed by atoms with Gasteiger partial charge >= 0.3 is 5.97 Å². The smallest absolute Gasteiger partial charge is 0.349 e. The fraction of sp³-hybridized carbons (Fsp3) is 0.316. The molecule has 0 aliphatic heterocycles. The van der Waals surface area contributed by atoms with Crippen LogP contribution in [-0.4, -0.2) is 12.6 Å². The van der Waals surface area contributed by atoms with Crippen LogP contribution in [-0.2, 0) is 10.2 Å². The number of rotatable bonds is 4. The van der Waals surface area contributed by atoms with Crippen molar-refractivity contribution >= 4 is 17.6 Å². The Balaban J connectivity index is 2.04. The molecule has 0 unspecified atom stereocenters. The van der Waals surface area contributed by atoms with Gasteiger partial charge in [-0.15, -0.1) is 0 Å². The van der Waals surface area contributed by atoms with Gasteiger partial charge in [0.15, 0.2) is 6.61 Å². The van der Waals surface area contributed by atoms with E-state index in [0.29, 0.717) is 16.5 Å². The first kappa shape index (κ1) is 17.4. The monoisotopic (exact) mass is 332 g/mol. The second kappa shape index (κ2) is 7.05. The maximum atomic E-state index is 12.0. The lowest BCUT2D eigenvalue weighted by Crippen LogP contribution is -2.21. The zero-order valence-electron chi connectivity index (χ0n) is 13.9. The molecule has 3 nitrogen and oxygen atoms in total. The zero-order valence-corrected chi connectivity index (χ0v) is 14.6. The van der Waals surface area contributed by atoms with E-state index in [2.05, 4.69) is 20.8 Å². The summed E-state index contributed by atoms with van der Waals surface area (Å²) in [6, 6.07) is 12.6. The van der Waals surface area contributed by atoms with Crippen molar-refractivity contribution in [3.8, 4) is 11.5 Å². The molecule has 0 spiro atoms. The summed E-state index contributed by atoms with van der Waals surface area (Å²) in [5.41, 5.74) is 2.02. The molecule has 0 aliphatic rings. The molecule has 0 heterocycles. The van der Waals surface area contributed by atoms with E-state index in [4.69, 9.17) is 21.1 Å². The molecule has 2 aromatic carbocycles. The number of hydrogen-bond donors (Lipinski definition) is 0. The summed E-state index contributed by atoms with van der Waals surface area (Å²) < 4.78 is 10.9. The Morgan fingerprint density at radius 1 is 1.09 bits per heavy atom. The zero-order chi connectivity index (χ0) is 17.0. The highest BCUT2D eigenvalue weighted by atomic mass is 35.5. The van der Waals surface area contributed by atoms with Crippen LogP contribution < -0.4 is 9.47 Å². The molecular formula is C19H21ClO3.